The number of benzene rings is 1. The van der Waals surface area contributed by atoms with E-state index in [1.165, 1.54) is 6.07 Å². The molecule has 1 aromatic heterocycles. The second-order valence-electron chi connectivity index (χ2n) is 3.46. The first-order valence-electron chi connectivity index (χ1n) is 4.62. The molecule has 0 spiro atoms. The summed E-state index contributed by atoms with van der Waals surface area (Å²) in [4.78, 5) is 4.08. The molecule has 4 N–H and O–H groups in total. The van der Waals surface area contributed by atoms with Gasteiger partial charge in [0.2, 0.25) is 10.0 Å². The third-order valence-electron chi connectivity index (χ3n) is 2.25. The van der Waals surface area contributed by atoms with Gasteiger partial charge >= 0.3 is 0 Å². The zero-order valence-electron chi connectivity index (χ0n) is 8.84. The topological polar surface area (TPSA) is 104 Å². The normalized spacial score (nSPS) is 11.7. The lowest BCUT2D eigenvalue weighted by atomic mass is 10.3. The molecule has 6 nitrogen and oxygen atoms in total. The number of nitrogens with zero attached hydrogens (tertiary/aromatic N) is 2. The second-order valence-corrected chi connectivity index (χ2v) is 7.04. The summed E-state index contributed by atoms with van der Waals surface area (Å²) >= 11 is 4.26. The number of halogens is 2. The second kappa shape index (κ2) is 4.94. The van der Waals surface area contributed by atoms with Gasteiger partial charge in [-0.1, -0.05) is 0 Å². The van der Waals surface area contributed by atoms with E-state index in [0.29, 0.717) is 0 Å². The molecule has 0 amide bonds. The lowest BCUT2D eigenvalue weighted by Crippen LogP contribution is -2.14. The molecule has 0 aliphatic heterocycles. The van der Waals surface area contributed by atoms with Crippen LogP contribution in [0, 0.1) is 7.40 Å². The summed E-state index contributed by atoms with van der Waals surface area (Å²) < 4.78 is 26.1. The van der Waals surface area contributed by atoms with E-state index in [2.05, 4.69) is 50.2 Å². The molecule has 1 aromatic carbocycles. The van der Waals surface area contributed by atoms with E-state index in [4.69, 9.17) is 10.9 Å². The van der Waals surface area contributed by atoms with Gasteiger partial charge in [0.15, 0.2) is 0 Å². The largest absolute Gasteiger partial charge is 0.398 e. The maximum absolute atomic E-state index is 11.2. The van der Waals surface area contributed by atoms with E-state index >= 15 is 0 Å². The third kappa shape index (κ3) is 2.62. The van der Waals surface area contributed by atoms with Crippen molar-refractivity contribution < 1.29 is 8.42 Å². The molecule has 2 rings (SSSR count). The Balaban J connectivity index is 2.57. The number of aromatic nitrogens is 2. The lowest BCUT2D eigenvalue weighted by Gasteiger charge is -2.08. The minimum Gasteiger partial charge on any atom is -0.398 e. The minimum atomic E-state index is -3.79. The van der Waals surface area contributed by atoms with Crippen molar-refractivity contribution in [1.29, 1.82) is 0 Å². The van der Waals surface area contributed by atoms with Crippen LogP contribution in [-0.4, -0.2) is 18.0 Å². The van der Waals surface area contributed by atoms with E-state index in [1.807, 2.05) is 4.57 Å². The van der Waals surface area contributed by atoms with Gasteiger partial charge in [-0.05, 0) is 63.4 Å². The monoisotopic (exact) mass is 490 g/mol. The molecule has 0 radical (unpaired) electrons. The molecule has 2 aromatic rings. The van der Waals surface area contributed by atoms with E-state index in [9.17, 15) is 8.42 Å². The Morgan fingerprint density at radius 2 is 1.94 bits per heavy atom. The molecule has 96 valence electrons. The maximum atomic E-state index is 11.2. The Labute approximate surface area is 131 Å². The molecule has 0 saturated heterocycles. The first-order valence-corrected chi connectivity index (χ1v) is 8.32. The van der Waals surface area contributed by atoms with Gasteiger partial charge in [-0.2, -0.15) is 0 Å². The fourth-order valence-corrected chi connectivity index (χ4v) is 3.01. The van der Waals surface area contributed by atoms with Crippen LogP contribution in [-0.2, 0) is 10.0 Å². The first-order chi connectivity index (χ1) is 8.30. The van der Waals surface area contributed by atoms with Crippen molar-refractivity contribution in [2.45, 2.75) is 4.90 Å². The standard InChI is InChI=1S/C9H8I2N4O2S/c10-8-9(11)15(4-14-8)5-1-2-7(6(12)3-5)18(13,16)17/h1-4H,12H2,(H2,13,16,17). The van der Waals surface area contributed by atoms with Crippen molar-refractivity contribution >= 4 is 60.9 Å². The summed E-state index contributed by atoms with van der Waals surface area (Å²) in [6.07, 6.45) is 1.65. The van der Waals surface area contributed by atoms with Crippen molar-refractivity contribution in [3.63, 3.8) is 0 Å². The van der Waals surface area contributed by atoms with Crippen LogP contribution in [0.3, 0.4) is 0 Å². The van der Waals surface area contributed by atoms with Crippen LogP contribution < -0.4 is 10.9 Å². The number of rotatable bonds is 2. The number of sulfonamides is 1. The predicted octanol–water partition coefficient (Wildman–Crippen LogP) is 1.31. The number of primary sulfonamides is 1. The highest BCUT2D eigenvalue weighted by Gasteiger charge is 2.14. The Hall–Kier alpha value is -0.400. The van der Waals surface area contributed by atoms with Crippen molar-refractivity contribution in [2.75, 3.05) is 5.73 Å². The Morgan fingerprint density at radius 3 is 2.39 bits per heavy atom. The quantitative estimate of drug-likeness (QED) is 0.490. The molecule has 0 fully saturated rings. The van der Waals surface area contributed by atoms with Crippen LogP contribution in [0.2, 0.25) is 0 Å². The molecule has 0 saturated carbocycles. The van der Waals surface area contributed by atoms with Gasteiger partial charge in [0.05, 0.1) is 5.69 Å². The van der Waals surface area contributed by atoms with Crippen LogP contribution in [0.5, 0.6) is 0 Å². The van der Waals surface area contributed by atoms with Crippen LogP contribution in [0.1, 0.15) is 0 Å². The van der Waals surface area contributed by atoms with Crippen LogP contribution >= 0.6 is 45.2 Å². The van der Waals surface area contributed by atoms with Gasteiger partial charge in [-0.3, -0.25) is 4.57 Å². The molecule has 0 aliphatic carbocycles. The highest BCUT2D eigenvalue weighted by Crippen LogP contribution is 2.23. The third-order valence-corrected chi connectivity index (χ3v) is 6.08. The maximum Gasteiger partial charge on any atom is 0.240 e. The number of nitrogens with two attached hydrogens (primary N) is 2. The summed E-state index contributed by atoms with van der Waals surface area (Å²) in [5.41, 5.74) is 6.56. The summed E-state index contributed by atoms with van der Waals surface area (Å²) in [6.45, 7) is 0. The molecule has 0 atom stereocenters. The number of hydrogen-bond acceptors (Lipinski definition) is 4. The van der Waals surface area contributed by atoms with Crippen LogP contribution in [0.15, 0.2) is 29.4 Å². The average molecular weight is 490 g/mol. The summed E-state index contributed by atoms with van der Waals surface area (Å²) in [5.74, 6) is 0. The molecule has 0 aliphatic rings. The number of imidazole rings is 1. The molecule has 0 unspecified atom stereocenters. The van der Waals surface area contributed by atoms with Crippen molar-refractivity contribution in [1.82, 2.24) is 9.55 Å². The minimum absolute atomic E-state index is 0.0731. The van der Waals surface area contributed by atoms with Gasteiger partial charge in [0.1, 0.15) is 18.6 Å². The predicted molar refractivity (Wildman–Crippen MR) is 84.8 cm³/mol. The Morgan fingerprint density at radius 1 is 1.28 bits per heavy atom. The van der Waals surface area contributed by atoms with Crippen molar-refractivity contribution in [3.8, 4) is 5.69 Å². The average Bonchev–Trinajstić information content (AvgIpc) is 2.58. The molecular formula is C9H8I2N4O2S. The number of nitrogen functional groups attached to an aromatic ring is 1. The van der Waals surface area contributed by atoms with E-state index in [-0.39, 0.29) is 10.6 Å². The van der Waals surface area contributed by atoms with Gasteiger partial charge in [-0.25, -0.2) is 18.5 Å². The number of anilines is 1. The molecule has 0 bridgehead atoms. The summed E-state index contributed by atoms with van der Waals surface area (Å²) in [7, 11) is -3.79. The van der Waals surface area contributed by atoms with E-state index in [1.54, 1.807) is 18.5 Å². The van der Waals surface area contributed by atoms with Crippen molar-refractivity contribution in [2.24, 2.45) is 5.14 Å². The molecular weight excluding hydrogens is 482 g/mol. The van der Waals surface area contributed by atoms with Gasteiger partial charge in [0, 0.05) is 5.69 Å². The Bertz CT molecular complexity index is 711. The van der Waals surface area contributed by atoms with Crippen LogP contribution in [0.25, 0.3) is 5.69 Å². The van der Waals surface area contributed by atoms with E-state index < -0.39 is 10.0 Å². The summed E-state index contributed by atoms with van der Waals surface area (Å²) in [6, 6.07) is 4.58. The highest BCUT2D eigenvalue weighted by atomic mass is 127. The highest BCUT2D eigenvalue weighted by molar-refractivity contribution is 14.1. The van der Waals surface area contributed by atoms with Gasteiger partial charge in [0.25, 0.3) is 0 Å². The fourth-order valence-electron chi connectivity index (χ4n) is 1.44. The molecule has 9 heteroatoms. The van der Waals surface area contributed by atoms with Crippen molar-refractivity contribution in [3.05, 3.63) is 31.9 Å². The van der Waals surface area contributed by atoms with Gasteiger partial charge in [-0.15, -0.1) is 0 Å². The molecule has 1 heterocycles. The lowest BCUT2D eigenvalue weighted by molar-refractivity contribution is 0.598. The smallest absolute Gasteiger partial charge is 0.240 e. The summed E-state index contributed by atoms with van der Waals surface area (Å²) in [5, 5.41) is 5.05. The Kier molecular flexibility index (Phi) is 3.85. The molecule has 18 heavy (non-hydrogen) atoms. The zero-order chi connectivity index (χ0) is 13.5. The van der Waals surface area contributed by atoms with Crippen LogP contribution in [0.4, 0.5) is 5.69 Å². The fraction of sp³-hybridized carbons (Fsp3) is 0. The SMILES string of the molecule is Nc1cc(-n2cnc(I)c2I)ccc1S(N)(=O)=O. The van der Waals surface area contributed by atoms with E-state index in [0.717, 1.165) is 13.1 Å². The number of hydrogen-bond donors (Lipinski definition) is 2. The zero-order valence-corrected chi connectivity index (χ0v) is 14.0. The van der Waals surface area contributed by atoms with Gasteiger partial charge < -0.3 is 5.73 Å². The first kappa shape index (κ1) is 14.0.